The van der Waals surface area contributed by atoms with E-state index in [9.17, 15) is 4.79 Å². The first-order chi connectivity index (χ1) is 9.59. The summed E-state index contributed by atoms with van der Waals surface area (Å²) in [5.41, 5.74) is 0.258. The predicted octanol–water partition coefficient (Wildman–Crippen LogP) is 3.32. The van der Waals surface area contributed by atoms with E-state index >= 15 is 0 Å². The highest BCUT2D eigenvalue weighted by Gasteiger charge is 2.35. The molecule has 2 rings (SSSR count). The largest absolute Gasteiger partial charge is 0.367 e. The van der Waals surface area contributed by atoms with Crippen molar-refractivity contribution in [1.82, 2.24) is 9.78 Å². The van der Waals surface area contributed by atoms with Crippen LogP contribution in [0.3, 0.4) is 0 Å². The lowest BCUT2D eigenvalue weighted by molar-refractivity contribution is -0.147. The maximum Gasteiger partial charge on any atom is 0.170 e. The van der Waals surface area contributed by atoms with E-state index in [1.54, 1.807) is 0 Å². The third-order valence-corrected chi connectivity index (χ3v) is 4.38. The summed E-state index contributed by atoms with van der Waals surface area (Å²) in [4.78, 5) is 12.4. The average molecular weight is 278 g/mol. The molecule has 2 heterocycles. The number of ether oxygens (including phenoxy) is 1. The fraction of sp³-hybridized carbons (Fsp3) is 0.750. The van der Waals surface area contributed by atoms with Crippen molar-refractivity contribution in [2.24, 2.45) is 0 Å². The molecule has 1 saturated heterocycles. The molecule has 0 bridgehead atoms. The first kappa shape index (κ1) is 15.2. The van der Waals surface area contributed by atoms with Crippen LogP contribution >= 0.6 is 0 Å². The monoisotopic (exact) mass is 278 g/mol. The Bertz CT molecular complexity index is 443. The van der Waals surface area contributed by atoms with Gasteiger partial charge in [-0.1, -0.05) is 13.8 Å². The average Bonchev–Trinajstić information content (AvgIpc) is 2.89. The topological polar surface area (TPSA) is 44.1 Å². The zero-order valence-electron chi connectivity index (χ0n) is 12.9. The molecule has 1 fully saturated rings. The second-order valence-corrected chi connectivity index (χ2v) is 5.89. The fourth-order valence-electron chi connectivity index (χ4n) is 2.84. The molecule has 0 amide bonds. The number of ketones is 1. The summed E-state index contributed by atoms with van der Waals surface area (Å²) >= 11 is 0. The smallest absolute Gasteiger partial charge is 0.170 e. The molecule has 1 aliphatic rings. The summed E-state index contributed by atoms with van der Waals surface area (Å²) in [6, 6.07) is 2.39. The van der Waals surface area contributed by atoms with E-state index in [1.807, 2.05) is 23.9 Å². The quantitative estimate of drug-likeness (QED) is 0.802. The van der Waals surface area contributed by atoms with Crippen molar-refractivity contribution in [2.45, 2.75) is 70.9 Å². The first-order valence-electron chi connectivity index (χ1n) is 7.80. The molecule has 1 atom stereocenters. The summed E-state index contributed by atoms with van der Waals surface area (Å²) in [5.74, 6) is 0.159. The van der Waals surface area contributed by atoms with Crippen molar-refractivity contribution in [3.8, 4) is 0 Å². The molecule has 0 radical (unpaired) electrons. The van der Waals surface area contributed by atoms with Crippen LogP contribution in [0, 0.1) is 0 Å². The molecule has 0 saturated carbocycles. The highest BCUT2D eigenvalue weighted by atomic mass is 16.5. The minimum atomic E-state index is -0.600. The Morgan fingerprint density at radius 1 is 1.45 bits per heavy atom. The lowest BCUT2D eigenvalue weighted by Crippen LogP contribution is -2.42. The molecule has 1 unspecified atom stereocenters. The Kier molecular flexibility index (Phi) is 4.97. The molecule has 4 nitrogen and oxygen atoms in total. The van der Waals surface area contributed by atoms with Crippen molar-refractivity contribution in [1.29, 1.82) is 0 Å². The molecule has 20 heavy (non-hydrogen) atoms. The maximum atomic E-state index is 12.4. The van der Waals surface area contributed by atoms with Crippen molar-refractivity contribution < 1.29 is 9.53 Å². The van der Waals surface area contributed by atoms with E-state index in [2.05, 4.69) is 18.9 Å². The molecule has 1 aliphatic heterocycles. The number of rotatable bonds is 6. The van der Waals surface area contributed by atoms with Crippen LogP contribution in [-0.2, 0) is 16.0 Å². The summed E-state index contributed by atoms with van der Waals surface area (Å²) in [6.45, 7) is 6.95. The van der Waals surface area contributed by atoms with E-state index in [0.717, 1.165) is 37.8 Å². The van der Waals surface area contributed by atoms with Crippen molar-refractivity contribution in [3.63, 3.8) is 0 Å². The SMILES string of the molecule is CCC(CC)n1ccc(CC(=O)C2(C)CCCCO2)n1. The van der Waals surface area contributed by atoms with Crippen LogP contribution in [0.1, 0.15) is 64.6 Å². The van der Waals surface area contributed by atoms with E-state index < -0.39 is 5.60 Å². The molecule has 0 aliphatic carbocycles. The number of nitrogens with zero attached hydrogens (tertiary/aromatic N) is 2. The van der Waals surface area contributed by atoms with Crippen LogP contribution in [0.4, 0.5) is 0 Å². The Morgan fingerprint density at radius 2 is 2.20 bits per heavy atom. The molecule has 0 spiro atoms. The highest BCUT2D eigenvalue weighted by molar-refractivity contribution is 5.88. The van der Waals surface area contributed by atoms with Gasteiger partial charge in [-0.3, -0.25) is 9.48 Å². The van der Waals surface area contributed by atoms with Gasteiger partial charge in [0.05, 0.1) is 18.2 Å². The van der Waals surface area contributed by atoms with Crippen LogP contribution in [0.25, 0.3) is 0 Å². The Balaban J connectivity index is 2.01. The lowest BCUT2D eigenvalue weighted by atomic mass is 9.89. The predicted molar refractivity (Wildman–Crippen MR) is 78.8 cm³/mol. The number of hydrogen-bond acceptors (Lipinski definition) is 3. The van der Waals surface area contributed by atoms with Crippen LogP contribution in [-0.4, -0.2) is 27.8 Å². The zero-order chi connectivity index (χ0) is 14.6. The molecule has 4 heteroatoms. The molecule has 1 aromatic heterocycles. The van der Waals surface area contributed by atoms with Gasteiger partial charge in [0, 0.05) is 12.8 Å². The number of carbonyl (C=O) groups is 1. The summed E-state index contributed by atoms with van der Waals surface area (Å²) < 4.78 is 7.70. The molecule has 0 N–H and O–H groups in total. The van der Waals surface area contributed by atoms with Crippen LogP contribution in [0.2, 0.25) is 0 Å². The van der Waals surface area contributed by atoms with Gasteiger partial charge in [-0.25, -0.2) is 0 Å². The van der Waals surface area contributed by atoms with Gasteiger partial charge in [0.2, 0.25) is 0 Å². The van der Waals surface area contributed by atoms with Gasteiger partial charge in [0.1, 0.15) is 5.60 Å². The first-order valence-corrected chi connectivity index (χ1v) is 7.80. The normalized spacial score (nSPS) is 23.2. The summed E-state index contributed by atoms with van der Waals surface area (Å²) in [5, 5.41) is 4.56. The Hall–Kier alpha value is -1.16. The molecule has 112 valence electrons. The number of carbonyl (C=O) groups excluding carboxylic acids is 1. The van der Waals surface area contributed by atoms with E-state index in [0.29, 0.717) is 19.1 Å². The van der Waals surface area contributed by atoms with E-state index in [4.69, 9.17) is 4.74 Å². The molecule has 1 aromatic rings. The highest BCUT2D eigenvalue weighted by Crippen LogP contribution is 2.26. The van der Waals surface area contributed by atoms with Crippen molar-refractivity contribution >= 4 is 5.78 Å². The minimum absolute atomic E-state index is 0.159. The maximum absolute atomic E-state index is 12.4. The van der Waals surface area contributed by atoms with Crippen molar-refractivity contribution in [3.05, 3.63) is 18.0 Å². The van der Waals surface area contributed by atoms with Gasteiger partial charge >= 0.3 is 0 Å². The fourth-order valence-corrected chi connectivity index (χ4v) is 2.84. The summed E-state index contributed by atoms with van der Waals surface area (Å²) in [6.07, 6.45) is 7.46. The van der Waals surface area contributed by atoms with Gasteiger partial charge < -0.3 is 4.74 Å². The lowest BCUT2D eigenvalue weighted by Gasteiger charge is -2.32. The third-order valence-electron chi connectivity index (χ3n) is 4.38. The van der Waals surface area contributed by atoms with Gasteiger partial charge in [-0.2, -0.15) is 5.10 Å². The summed E-state index contributed by atoms with van der Waals surface area (Å²) in [7, 11) is 0. The van der Waals surface area contributed by atoms with Gasteiger partial charge in [0.15, 0.2) is 5.78 Å². The zero-order valence-corrected chi connectivity index (χ0v) is 12.9. The van der Waals surface area contributed by atoms with Gasteiger partial charge in [0.25, 0.3) is 0 Å². The Labute approximate surface area is 121 Å². The second kappa shape index (κ2) is 6.53. The van der Waals surface area contributed by atoms with Crippen LogP contribution in [0.5, 0.6) is 0 Å². The number of Topliss-reactive ketones (excluding diaryl/α,β-unsaturated/α-hetero) is 1. The van der Waals surface area contributed by atoms with Gasteiger partial charge in [-0.15, -0.1) is 0 Å². The van der Waals surface area contributed by atoms with E-state index in [-0.39, 0.29) is 5.78 Å². The Morgan fingerprint density at radius 3 is 2.80 bits per heavy atom. The van der Waals surface area contributed by atoms with Crippen LogP contribution in [0.15, 0.2) is 12.3 Å². The molecule has 0 aromatic carbocycles. The third kappa shape index (κ3) is 3.29. The number of aromatic nitrogens is 2. The second-order valence-electron chi connectivity index (χ2n) is 5.89. The van der Waals surface area contributed by atoms with Crippen molar-refractivity contribution in [2.75, 3.05) is 6.61 Å². The van der Waals surface area contributed by atoms with Gasteiger partial charge in [-0.05, 0) is 45.1 Å². The molecular formula is C16H26N2O2. The standard InChI is InChI=1S/C16H26N2O2/c1-4-14(5-2)18-10-8-13(17-18)12-15(19)16(3)9-6-7-11-20-16/h8,10,14H,4-7,9,11-12H2,1-3H3. The minimum Gasteiger partial charge on any atom is -0.367 e. The molecular weight excluding hydrogens is 252 g/mol. The van der Waals surface area contributed by atoms with Crippen LogP contribution < -0.4 is 0 Å². The van der Waals surface area contributed by atoms with E-state index in [1.165, 1.54) is 0 Å². The number of hydrogen-bond donors (Lipinski definition) is 0.